The Kier molecular flexibility index (Phi) is 4.30. The highest BCUT2D eigenvalue weighted by Gasteiger charge is 2.30. The maximum absolute atomic E-state index is 13.5. The van der Waals surface area contributed by atoms with Gasteiger partial charge in [-0.3, -0.25) is 0 Å². The number of aliphatic hydroxyl groups is 1. The van der Waals surface area contributed by atoms with E-state index >= 15 is 0 Å². The number of rotatable bonds is 4. The third-order valence-corrected chi connectivity index (χ3v) is 3.77. The molecule has 100 valence electrons. The maximum Gasteiger partial charge on any atom is 0.127 e. The van der Waals surface area contributed by atoms with Gasteiger partial charge in [-0.1, -0.05) is 19.3 Å². The second-order valence-electron chi connectivity index (χ2n) is 5.09. The molecule has 1 aliphatic carbocycles. The molecule has 1 aromatic rings. The first-order valence-electron chi connectivity index (χ1n) is 6.45. The lowest BCUT2D eigenvalue weighted by atomic mass is 9.82. The van der Waals surface area contributed by atoms with Crippen molar-refractivity contribution >= 4 is 0 Å². The van der Waals surface area contributed by atoms with Gasteiger partial charge < -0.3 is 10.4 Å². The molecule has 18 heavy (non-hydrogen) atoms. The van der Waals surface area contributed by atoms with E-state index in [1.165, 1.54) is 12.5 Å². The van der Waals surface area contributed by atoms with E-state index in [9.17, 15) is 13.9 Å². The Morgan fingerprint density at radius 2 is 1.89 bits per heavy atom. The van der Waals surface area contributed by atoms with Crippen molar-refractivity contribution in [1.82, 2.24) is 5.32 Å². The van der Waals surface area contributed by atoms with Crippen molar-refractivity contribution in [3.05, 3.63) is 35.4 Å². The quantitative estimate of drug-likeness (QED) is 0.867. The van der Waals surface area contributed by atoms with E-state index in [-0.39, 0.29) is 18.7 Å². The van der Waals surface area contributed by atoms with Crippen LogP contribution in [0.25, 0.3) is 0 Å². The van der Waals surface area contributed by atoms with Crippen molar-refractivity contribution in [1.29, 1.82) is 0 Å². The van der Waals surface area contributed by atoms with Crippen LogP contribution in [0.15, 0.2) is 18.2 Å². The number of aliphatic hydroxyl groups excluding tert-OH is 1. The van der Waals surface area contributed by atoms with Crippen LogP contribution in [-0.4, -0.2) is 17.3 Å². The summed E-state index contributed by atoms with van der Waals surface area (Å²) in [7, 11) is 0. The molecule has 0 bridgehead atoms. The summed E-state index contributed by atoms with van der Waals surface area (Å²) in [5.74, 6) is -0.845. The molecule has 0 saturated heterocycles. The van der Waals surface area contributed by atoms with Crippen LogP contribution in [0.3, 0.4) is 0 Å². The van der Waals surface area contributed by atoms with Crippen molar-refractivity contribution < 1.29 is 13.9 Å². The summed E-state index contributed by atoms with van der Waals surface area (Å²) in [6.07, 6.45) is 5.09. The minimum atomic E-state index is -0.435. The van der Waals surface area contributed by atoms with Gasteiger partial charge in [0, 0.05) is 17.6 Å². The van der Waals surface area contributed by atoms with Crippen LogP contribution in [0.4, 0.5) is 8.78 Å². The number of hydrogen-bond acceptors (Lipinski definition) is 2. The van der Waals surface area contributed by atoms with Gasteiger partial charge in [0.2, 0.25) is 0 Å². The summed E-state index contributed by atoms with van der Waals surface area (Å²) in [5, 5.41) is 12.7. The topological polar surface area (TPSA) is 32.3 Å². The molecule has 2 rings (SSSR count). The molecule has 1 aromatic carbocycles. The van der Waals surface area contributed by atoms with Crippen molar-refractivity contribution in [2.24, 2.45) is 0 Å². The Morgan fingerprint density at radius 3 is 2.56 bits per heavy atom. The van der Waals surface area contributed by atoms with E-state index in [4.69, 9.17) is 0 Å². The van der Waals surface area contributed by atoms with Crippen molar-refractivity contribution in [2.45, 2.75) is 44.2 Å². The summed E-state index contributed by atoms with van der Waals surface area (Å²) in [6.45, 7) is 0.300. The zero-order valence-corrected chi connectivity index (χ0v) is 10.4. The molecule has 1 fully saturated rings. The zero-order chi connectivity index (χ0) is 13.0. The smallest absolute Gasteiger partial charge is 0.127 e. The molecular weight excluding hydrogens is 236 g/mol. The van der Waals surface area contributed by atoms with Gasteiger partial charge >= 0.3 is 0 Å². The molecule has 1 aliphatic rings. The highest BCUT2D eigenvalue weighted by Crippen LogP contribution is 2.28. The Balaban J connectivity index is 2.03. The molecule has 0 spiro atoms. The van der Waals surface area contributed by atoms with Gasteiger partial charge in [-0.25, -0.2) is 8.78 Å². The molecule has 2 N–H and O–H groups in total. The third-order valence-electron chi connectivity index (χ3n) is 3.77. The zero-order valence-electron chi connectivity index (χ0n) is 10.4. The monoisotopic (exact) mass is 255 g/mol. The summed E-state index contributed by atoms with van der Waals surface area (Å²) < 4.78 is 26.5. The average Bonchev–Trinajstić information content (AvgIpc) is 2.41. The van der Waals surface area contributed by atoms with Crippen LogP contribution in [-0.2, 0) is 6.54 Å². The Hall–Kier alpha value is -1.00. The number of nitrogens with one attached hydrogen (secondary N) is 1. The standard InChI is InChI=1S/C14H19F2NO/c15-12-4-5-13(16)11(8-12)9-17-14(10-18)6-2-1-3-7-14/h4-5,8,17-18H,1-3,6-7,9-10H2. The fourth-order valence-corrected chi connectivity index (χ4v) is 2.58. The van der Waals surface area contributed by atoms with Gasteiger partial charge in [-0.2, -0.15) is 0 Å². The molecule has 1 saturated carbocycles. The highest BCUT2D eigenvalue weighted by molar-refractivity contribution is 5.19. The van der Waals surface area contributed by atoms with E-state index in [0.29, 0.717) is 5.56 Å². The second kappa shape index (κ2) is 5.76. The fraction of sp³-hybridized carbons (Fsp3) is 0.571. The molecule has 0 amide bonds. The van der Waals surface area contributed by atoms with Gasteiger partial charge in [0.1, 0.15) is 11.6 Å². The van der Waals surface area contributed by atoms with Gasteiger partial charge in [0.15, 0.2) is 0 Å². The molecule has 0 heterocycles. The molecule has 0 aliphatic heterocycles. The lowest BCUT2D eigenvalue weighted by Gasteiger charge is -2.36. The van der Waals surface area contributed by atoms with E-state index in [0.717, 1.165) is 37.8 Å². The van der Waals surface area contributed by atoms with Gasteiger partial charge in [-0.15, -0.1) is 0 Å². The van der Waals surface area contributed by atoms with Crippen molar-refractivity contribution in [3.8, 4) is 0 Å². The SMILES string of the molecule is OCC1(NCc2cc(F)ccc2F)CCCCC1. The summed E-state index contributed by atoms with van der Waals surface area (Å²) in [4.78, 5) is 0. The molecule has 0 unspecified atom stereocenters. The van der Waals surface area contributed by atoms with Crippen LogP contribution >= 0.6 is 0 Å². The van der Waals surface area contributed by atoms with Crippen LogP contribution in [0.2, 0.25) is 0 Å². The number of benzene rings is 1. The molecular formula is C14H19F2NO. The van der Waals surface area contributed by atoms with Crippen molar-refractivity contribution in [2.75, 3.05) is 6.61 Å². The minimum Gasteiger partial charge on any atom is -0.394 e. The van der Waals surface area contributed by atoms with Gasteiger partial charge in [-0.05, 0) is 31.0 Å². The first kappa shape index (κ1) is 13.4. The number of hydrogen-bond donors (Lipinski definition) is 2. The first-order valence-corrected chi connectivity index (χ1v) is 6.45. The molecule has 0 aromatic heterocycles. The van der Waals surface area contributed by atoms with E-state index in [1.807, 2.05) is 0 Å². The number of halogens is 2. The lowest BCUT2D eigenvalue weighted by Crippen LogP contribution is -2.49. The Bertz CT molecular complexity index is 403. The summed E-state index contributed by atoms with van der Waals surface area (Å²) in [6, 6.07) is 3.45. The molecule has 0 radical (unpaired) electrons. The van der Waals surface area contributed by atoms with Gasteiger partial charge in [0.25, 0.3) is 0 Å². The first-order chi connectivity index (χ1) is 8.65. The molecule has 0 atom stereocenters. The van der Waals surface area contributed by atoms with Crippen molar-refractivity contribution in [3.63, 3.8) is 0 Å². The second-order valence-corrected chi connectivity index (χ2v) is 5.09. The highest BCUT2D eigenvalue weighted by atomic mass is 19.1. The molecule has 2 nitrogen and oxygen atoms in total. The van der Waals surface area contributed by atoms with Crippen LogP contribution in [0.5, 0.6) is 0 Å². The average molecular weight is 255 g/mol. The largest absolute Gasteiger partial charge is 0.394 e. The maximum atomic E-state index is 13.5. The predicted octanol–water partition coefficient (Wildman–Crippen LogP) is 2.75. The minimum absolute atomic E-state index is 0.0456. The molecule has 4 heteroatoms. The lowest BCUT2D eigenvalue weighted by molar-refractivity contribution is 0.119. The summed E-state index contributed by atoms with van der Waals surface area (Å²) >= 11 is 0. The fourth-order valence-electron chi connectivity index (χ4n) is 2.58. The van der Waals surface area contributed by atoms with E-state index in [1.54, 1.807) is 0 Å². The van der Waals surface area contributed by atoms with E-state index < -0.39 is 11.6 Å². The van der Waals surface area contributed by atoms with Crippen LogP contribution in [0, 0.1) is 11.6 Å². The predicted molar refractivity (Wildman–Crippen MR) is 66.1 cm³/mol. The Labute approximate surface area is 106 Å². The Morgan fingerprint density at radius 1 is 1.17 bits per heavy atom. The van der Waals surface area contributed by atoms with Crippen LogP contribution in [0.1, 0.15) is 37.7 Å². The van der Waals surface area contributed by atoms with Crippen LogP contribution < -0.4 is 5.32 Å². The van der Waals surface area contributed by atoms with E-state index in [2.05, 4.69) is 5.32 Å². The third kappa shape index (κ3) is 3.06. The normalized spacial score (nSPS) is 18.8. The van der Waals surface area contributed by atoms with Gasteiger partial charge in [0.05, 0.1) is 6.61 Å². The summed E-state index contributed by atoms with van der Waals surface area (Å²) in [5.41, 5.74) is -0.00908.